The van der Waals surface area contributed by atoms with Gasteiger partial charge in [0.05, 0.1) is 22.8 Å². The maximum absolute atomic E-state index is 14.1. The normalized spacial score (nSPS) is 11.6. The Morgan fingerprint density at radius 2 is 1.79 bits per heavy atom. The lowest BCUT2D eigenvalue weighted by molar-refractivity contribution is 0.0977. The third-order valence-electron chi connectivity index (χ3n) is 4.73. The van der Waals surface area contributed by atoms with E-state index in [1.807, 2.05) is 0 Å². The Hall–Kier alpha value is -3.85. The highest BCUT2D eigenvalue weighted by atomic mass is 35.5. The average Bonchev–Trinajstić information content (AvgIpc) is 3.14. The third-order valence-corrected chi connectivity index (χ3v) is 5.04. The van der Waals surface area contributed by atoms with E-state index in [1.54, 1.807) is 60.4 Å². The number of hydrogen-bond acceptors (Lipinski definition) is 3. The Labute approximate surface area is 191 Å². The molecule has 0 fully saturated rings. The molecule has 0 spiro atoms. The Kier molecular flexibility index (Phi) is 6.32. The van der Waals surface area contributed by atoms with Crippen molar-refractivity contribution in [3.63, 3.8) is 0 Å². The first-order valence-electron chi connectivity index (χ1n) is 9.74. The number of benzene rings is 3. The van der Waals surface area contributed by atoms with E-state index in [-0.39, 0.29) is 18.1 Å². The highest BCUT2D eigenvalue weighted by Gasteiger charge is 2.14. The van der Waals surface area contributed by atoms with Crippen LogP contribution >= 0.6 is 11.6 Å². The van der Waals surface area contributed by atoms with Gasteiger partial charge in [-0.25, -0.2) is 18.2 Å². The maximum atomic E-state index is 14.1. The van der Waals surface area contributed by atoms with Crippen LogP contribution in [-0.4, -0.2) is 21.6 Å². The predicted octanol–water partition coefficient (Wildman–Crippen LogP) is 5.04. The number of hydrogen-bond donors (Lipinski definition) is 2. The lowest BCUT2D eigenvalue weighted by Gasteiger charge is -2.13. The van der Waals surface area contributed by atoms with Crippen LogP contribution in [0.1, 0.15) is 15.9 Å². The summed E-state index contributed by atoms with van der Waals surface area (Å²) in [5.41, 5.74) is 1.26. The van der Waals surface area contributed by atoms with Crippen LogP contribution in [0.25, 0.3) is 10.9 Å². The maximum Gasteiger partial charge on any atom is 0.257 e. The van der Waals surface area contributed by atoms with Crippen LogP contribution < -0.4 is 10.6 Å². The average molecular weight is 472 g/mol. The van der Waals surface area contributed by atoms with Gasteiger partial charge in [0.1, 0.15) is 5.82 Å². The van der Waals surface area contributed by atoms with Crippen LogP contribution in [0.4, 0.5) is 18.9 Å². The van der Waals surface area contributed by atoms with E-state index in [0.29, 0.717) is 27.9 Å². The van der Waals surface area contributed by atoms with Gasteiger partial charge < -0.3 is 5.32 Å². The van der Waals surface area contributed by atoms with E-state index in [4.69, 9.17) is 11.6 Å². The number of carbonyl (C=O) groups is 1. The van der Waals surface area contributed by atoms with Gasteiger partial charge in [-0.15, -0.1) is 0 Å². The van der Waals surface area contributed by atoms with Gasteiger partial charge >= 0.3 is 0 Å². The molecule has 4 aromatic rings. The highest BCUT2D eigenvalue weighted by Crippen LogP contribution is 2.27. The fourth-order valence-electron chi connectivity index (χ4n) is 3.12. The number of anilines is 1. The van der Waals surface area contributed by atoms with Crippen LogP contribution in [0.5, 0.6) is 0 Å². The minimum absolute atomic E-state index is 0.0573. The molecule has 168 valence electrons. The number of nitrogens with zero attached hydrogens (tertiary/aromatic N) is 3. The van der Waals surface area contributed by atoms with Crippen molar-refractivity contribution in [1.29, 1.82) is 0 Å². The molecule has 1 amide bonds. The summed E-state index contributed by atoms with van der Waals surface area (Å²) in [7, 11) is 1.77. The molecular formula is C23H17ClF3N5O. The molecule has 33 heavy (non-hydrogen) atoms. The highest BCUT2D eigenvalue weighted by molar-refractivity contribution is 6.34. The van der Waals surface area contributed by atoms with Gasteiger partial charge in [-0.1, -0.05) is 29.8 Å². The predicted molar refractivity (Wildman–Crippen MR) is 121 cm³/mol. The van der Waals surface area contributed by atoms with Gasteiger partial charge in [-0.3, -0.25) is 14.8 Å². The second kappa shape index (κ2) is 9.33. The zero-order valence-corrected chi connectivity index (χ0v) is 18.0. The molecule has 0 radical (unpaired) electrons. The van der Waals surface area contributed by atoms with Crippen molar-refractivity contribution in [2.75, 3.05) is 5.32 Å². The second-order valence-electron chi connectivity index (χ2n) is 7.16. The van der Waals surface area contributed by atoms with Crippen LogP contribution in [0.3, 0.4) is 0 Å². The van der Waals surface area contributed by atoms with Crippen molar-refractivity contribution in [2.24, 2.45) is 12.0 Å². The van der Waals surface area contributed by atoms with E-state index in [9.17, 15) is 18.0 Å². The minimum atomic E-state index is -1.30. The number of guanidine groups is 1. The molecule has 6 nitrogen and oxygen atoms in total. The molecule has 0 aliphatic carbocycles. The smallest absolute Gasteiger partial charge is 0.257 e. The summed E-state index contributed by atoms with van der Waals surface area (Å²) in [6, 6.07) is 12.9. The van der Waals surface area contributed by atoms with Gasteiger partial charge in [0.15, 0.2) is 11.6 Å². The molecule has 0 unspecified atom stereocenters. The molecular weight excluding hydrogens is 455 g/mol. The molecule has 0 saturated carbocycles. The molecule has 0 bridgehead atoms. The molecule has 1 aromatic heterocycles. The van der Waals surface area contributed by atoms with Crippen molar-refractivity contribution in [1.82, 2.24) is 15.1 Å². The first-order chi connectivity index (χ1) is 15.8. The van der Waals surface area contributed by atoms with Crippen molar-refractivity contribution in [3.8, 4) is 0 Å². The summed E-state index contributed by atoms with van der Waals surface area (Å²) < 4.78 is 42.5. The molecule has 0 saturated heterocycles. The van der Waals surface area contributed by atoms with Gasteiger partial charge in [0.2, 0.25) is 5.96 Å². The molecule has 3 aromatic carbocycles. The fourth-order valence-corrected chi connectivity index (χ4v) is 3.33. The van der Waals surface area contributed by atoms with Crippen molar-refractivity contribution < 1.29 is 18.0 Å². The van der Waals surface area contributed by atoms with Crippen LogP contribution in [0.2, 0.25) is 5.02 Å². The van der Waals surface area contributed by atoms with Crippen LogP contribution in [0.15, 0.2) is 65.8 Å². The zero-order valence-electron chi connectivity index (χ0n) is 17.2. The number of fused-ring (bicyclic) bond motifs is 1. The number of carbonyl (C=O) groups excluding carboxylic acids is 1. The SMILES string of the molecule is Cn1cc2cc(NC(=NCc3cc(F)c(F)cc3F)NC(=O)c3ccccc3)c(Cl)cc2n1. The molecule has 2 N–H and O–H groups in total. The molecule has 0 aliphatic rings. The minimum Gasteiger partial charge on any atom is -0.325 e. The van der Waals surface area contributed by atoms with E-state index in [1.165, 1.54) is 0 Å². The van der Waals surface area contributed by atoms with Crippen LogP contribution in [0, 0.1) is 17.5 Å². The third kappa shape index (κ3) is 5.15. The quantitative estimate of drug-likeness (QED) is 0.249. The van der Waals surface area contributed by atoms with Crippen LogP contribution in [-0.2, 0) is 13.6 Å². The number of amides is 1. The van der Waals surface area contributed by atoms with Gasteiger partial charge in [-0.05, 0) is 30.3 Å². The number of halogens is 4. The molecule has 4 rings (SSSR count). The topological polar surface area (TPSA) is 71.3 Å². The van der Waals surface area contributed by atoms with E-state index in [0.717, 1.165) is 11.5 Å². The van der Waals surface area contributed by atoms with Crippen molar-refractivity contribution >= 4 is 40.1 Å². The summed E-state index contributed by atoms with van der Waals surface area (Å²) in [6.07, 6.45) is 1.78. The summed E-state index contributed by atoms with van der Waals surface area (Å²) in [5, 5.41) is 10.9. The number of nitrogens with one attached hydrogen (secondary N) is 2. The first kappa shape index (κ1) is 22.3. The molecule has 10 heteroatoms. The molecule has 0 aliphatic heterocycles. The lowest BCUT2D eigenvalue weighted by atomic mass is 10.2. The monoisotopic (exact) mass is 471 g/mol. The van der Waals surface area contributed by atoms with Gasteiger partial charge in [0.25, 0.3) is 5.91 Å². The lowest BCUT2D eigenvalue weighted by Crippen LogP contribution is -2.36. The summed E-state index contributed by atoms with van der Waals surface area (Å²) in [4.78, 5) is 16.8. The van der Waals surface area contributed by atoms with E-state index >= 15 is 0 Å². The zero-order chi connectivity index (χ0) is 23.5. The van der Waals surface area contributed by atoms with Crippen molar-refractivity contribution in [2.45, 2.75) is 6.54 Å². The molecule has 0 atom stereocenters. The first-order valence-corrected chi connectivity index (χ1v) is 10.1. The van der Waals surface area contributed by atoms with E-state index < -0.39 is 23.4 Å². The Morgan fingerprint density at radius 1 is 1.06 bits per heavy atom. The summed E-state index contributed by atoms with van der Waals surface area (Å²) in [6.45, 7) is -0.368. The number of aliphatic imine (C=N–C) groups is 1. The summed E-state index contributed by atoms with van der Waals surface area (Å²) in [5.74, 6) is -3.99. The number of rotatable bonds is 4. The number of aryl methyl sites for hydroxylation is 1. The Bertz CT molecular complexity index is 1370. The van der Waals surface area contributed by atoms with Gasteiger partial charge in [0, 0.05) is 35.8 Å². The Balaban J connectivity index is 1.66. The van der Waals surface area contributed by atoms with Crippen molar-refractivity contribution in [3.05, 3.63) is 94.4 Å². The van der Waals surface area contributed by atoms with Gasteiger partial charge in [-0.2, -0.15) is 5.10 Å². The second-order valence-corrected chi connectivity index (χ2v) is 7.57. The fraction of sp³-hybridized carbons (Fsp3) is 0.0870. The molecule has 1 heterocycles. The number of aromatic nitrogens is 2. The summed E-state index contributed by atoms with van der Waals surface area (Å²) >= 11 is 6.36. The standard InChI is InChI=1S/C23H17ClF3N5O/c1-32-12-15-8-21(16(24)9-20(15)31-32)29-23(30-22(33)13-5-3-2-4-6-13)28-11-14-7-18(26)19(27)10-17(14)25/h2-10,12H,11H2,1H3,(H2,28,29,30,33). The Morgan fingerprint density at radius 3 is 2.55 bits per heavy atom. The van der Waals surface area contributed by atoms with E-state index in [2.05, 4.69) is 20.7 Å². The largest absolute Gasteiger partial charge is 0.325 e.